The molecule has 4 rings (SSSR count). The predicted octanol–water partition coefficient (Wildman–Crippen LogP) is 4.93. The molecule has 0 aliphatic carbocycles. The smallest absolute Gasteiger partial charge is 0.141 e. The largest absolute Gasteiger partial charge is 0.383 e. The molecule has 2 aliphatic heterocycles. The number of anilines is 1. The van der Waals surface area contributed by atoms with E-state index < -0.39 is 0 Å². The molecule has 1 aromatic heterocycles. The van der Waals surface area contributed by atoms with E-state index in [1.807, 2.05) is 17.5 Å². The van der Waals surface area contributed by atoms with Gasteiger partial charge in [-0.2, -0.15) is 0 Å². The van der Waals surface area contributed by atoms with Crippen LogP contribution in [0, 0.1) is 0 Å². The van der Waals surface area contributed by atoms with Gasteiger partial charge < -0.3 is 15.5 Å². The van der Waals surface area contributed by atoms with Crippen molar-refractivity contribution >= 4 is 28.5 Å². The van der Waals surface area contributed by atoms with Crippen LogP contribution in [0.5, 0.6) is 0 Å². The van der Waals surface area contributed by atoms with Crippen molar-refractivity contribution in [3.05, 3.63) is 58.4 Å². The number of benzene rings is 1. The molecular weight excluding hydrogens is 364 g/mol. The minimum Gasteiger partial charge on any atom is -0.383 e. The van der Waals surface area contributed by atoms with Gasteiger partial charge in [0.2, 0.25) is 0 Å². The quantitative estimate of drug-likeness (QED) is 0.578. The molecular formula is C23H30N4S. The molecule has 2 aliphatic rings. The molecule has 4 nitrogen and oxygen atoms in total. The van der Waals surface area contributed by atoms with Gasteiger partial charge in [-0.15, -0.1) is 11.3 Å². The normalized spacial score (nSPS) is 18.8. The molecule has 0 amide bonds. The number of fused-ring (bicyclic) bond motifs is 1. The molecule has 2 N–H and O–H groups in total. The summed E-state index contributed by atoms with van der Waals surface area (Å²) in [5, 5.41) is 2.03. The number of aliphatic imine (C=N–C) groups is 1. The number of nitrogens with zero attached hydrogens (tertiary/aromatic N) is 3. The Hall–Kier alpha value is -2.11. The van der Waals surface area contributed by atoms with Gasteiger partial charge >= 0.3 is 0 Å². The number of aryl methyl sites for hydroxylation is 1. The van der Waals surface area contributed by atoms with E-state index in [0.717, 1.165) is 42.9 Å². The second-order valence-electron chi connectivity index (χ2n) is 7.76. The third-order valence-corrected chi connectivity index (χ3v) is 6.65. The van der Waals surface area contributed by atoms with E-state index >= 15 is 0 Å². The van der Waals surface area contributed by atoms with Crippen molar-refractivity contribution in [2.45, 2.75) is 38.5 Å². The Labute approximate surface area is 172 Å². The molecule has 1 saturated heterocycles. The van der Waals surface area contributed by atoms with Crippen LogP contribution in [0.3, 0.4) is 0 Å². The first-order valence-electron chi connectivity index (χ1n) is 10.4. The van der Waals surface area contributed by atoms with Crippen molar-refractivity contribution in [3.63, 3.8) is 0 Å². The summed E-state index contributed by atoms with van der Waals surface area (Å²) in [5.74, 6) is 0.593. The lowest BCUT2D eigenvalue weighted by Gasteiger charge is -2.32. The summed E-state index contributed by atoms with van der Waals surface area (Å²) in [6.45, 7) is 9.00. The Bertz CT molecular complexity index is 834. The van der Waals surface area contributed by atoms with E-state index in [4.69, 9.17) is 5.73 Å². The number of hydrogen-bond donors (Lipinski definition) is 1. The van der Waals surface area contributed by atoms with Crippen LogP contribution in [0.1, 0.15) is 42.5 Å². The Kier molecular flexibility index (Phi) is 6.13. The molecule has 0 spiro atoms. The number of thiophene rings is 1. The summed E-state index contributed by atoms with van der Waals surface area (Å²) in [7, 11) is 0. The standard InChI is InChI=1S/C23H30N4S/c1-18-7-5-8-19-17-20(25-23(24)22-9-6-16-28-22)10-11-21(19)27(18)15-14-26-12-3-2-4-13-26/h6,9-11,16-17H,1-5,7-8,12-15H2,(H2,24,25). The maximum Gasteiger partial charge on any atom is 0.141 e. The monoisotopic (exact) mass is 394 g/mol. The second kappa shape index (κ2) is 8.93. The highest BCUT2D eigenvalue weighted by atomic mass is 32.1. The first-order chi connectivity index (χ1) is 13.7. The summed E-state index contributed by atoms with van der Waals surface area (Å²) >= 11 is 1.62. The van der Waals surface area contributed by atoms with Gasteiger partial charge in [-0.1, -0.05) is 19.1 Å². The zero-order valence-corrected chi connectivity index (χ0v) is 17.4. The number of allylic oxidation sites excluding steroid dienone is 1. The van der Waals surface area contributed by atoms with Gasteiger partial charge in [0.05, 0.1) is 10.6 Å². The SMILES string of the molecule is C=C1CCCc2cc(N=C(N)c3cccs3)ccc2N1CCN1CCCCC1. The summed E-state index contributed by atoms with van der Waals surface area (Å²) in [5.41, 5.74) is 11.0. The first kappa shape index (κ1) is 19.2. The minimum atomic E-state index is 0.593. The van der Waals surface area contributed by atoms with Gasteiger partial charge in [0.15, 0.2) is 0 Å². The number of nitrogens with two attached hydrogens (primary N) is 1. The van der Waals surface area contributed by atoms with E-state index in [1.54, 1.807) is 11.3 Å². The highest BCUT2D eigenvalue weighted by Crippen LogP contribution is 2.33. The van der Waals surface area contributed by atoms with Gasteiger partial charge in [-0.05, 0) is 80.4 Å². The van der Waals surface area contributed by atoms with Crippen molar-refractivity contribution in [1.82, 2.24) is 4.90 Å². The van der Waals surface area contributed by atoms with Crippen molar-refractivity contribution in [2.75, 3.05) is 31.1 Å². The van der Waals surface area contributed by atoms with Crippen LogP contribution in [0.15, 0.2) is 53.0 Å². The third kappa shape index (κ3) is 4.47. The molecule has 28 heavy (non-hydrogen) atoms. The van der Waals surface area contributed by atoms with E-state index in [2.05, 4.69) is 39.6 Å². The maximum absolute atomic E-state index is 6.19. The molecule has 0 atom stereocenters. The molecule has 1 aromatic carbocycles. The third-order valence-electron chi connectivity index (χ3n) is 5.76. The molecule has 1 fully saturated rings. The van der Waals surface area contributed by atoms with Gasteiger partial charge in [0.1, 0.15) is 5.84 Å². The first-order valence-corrected chi connectivity index (χ1v) is 11.3. The number of likely N-dealkylation sites (tertiary alicyclic amines) is 1. The Balaban J connectivity index is 1.54. The molecule has 0 radical (unpaired) electrons. The van der Waals surface area contributed by atoms with E-state index in [0.29, 0.717) is 5.84 Å². The van der Waals surface area contributed by atoms with Gasteiger partial charge in [0.25, 0.3) is 0 Å². The van der Waals surface area contributed by atoms with Crippen LogP contribution in [-0.4, -0.2) is 36.9 Å². The molecule has 0 unspecified atom stereocenters. The molecule has 2 aromatic rings. The number of rotatable bonds is 5. The summed E-state index contributed by atoms with van der Waals surface area (Å²) in [6.07, 6.45) is 7.32. The molecule has 5 heteroatoms. The number of hydrogen-bond acceptors (Lipinski definition) is 4. The van der Waals surface area contributed by atoms with Crippen LogP contribution in [0.4, 0.5) is 11.4 Å². The number of piperidine rings is 1. The lowest BCUT2D eigenvalue weighted by Crippen LogP contribution is -2.37. The van der Waals surface area contributed by atoms with Crippen LogP contribution < -0.4 is 10.6 Å². The van der Waals surface area contributed by atoms with Gasteiger partial charge in [0, 0.05) is 24.5 Å². The fourth-order valence-corrected chi connectivity index (χ4v) is 4.84. The summed E-state index contributed by atoms with van der Waals surface area (Å²) < 4.78 is 0. The maximum atomic E-state index is 6.19. The molecule has 0 bridgehead atoms. The topological polar surface area (TPSA) is 44.9 Å². The molecule has 0 saturated carbocycles. The van der Waals surface area contributed by atoms with Gasteiger partial charge in [-0.3, -0.25) is 0 Å². The summed E-state index contributed by atoms with van der Waals surface area (Å²) in [4.78, 5) is 10.7. The summed E-state index contributed by atoms with van der Waals surface area (Å²) in [6, 6.07) is 10.5. The fraction of sp³-hybridized carbons (Fsp3) is 0.435. The van der Waals surface area contributed by atoms with Crippen LogP contribution in [0.2, 0.25) is 0 Å². The van der Waals surface area contributed by atoms with E-state index in [-0.39, 0.29) is 0 Å². The minimum absolute atomic E-state index is 0.593. The average Bonchev–Trinajstić information content (AvgIpc) is 3.20. The van der Waals surface area contributed by atoms with Crippen molar-refractivity contribution in [1.29, 1.82) is 0 Å². The average molecular weight is 395 g/mol. The predicted molar refractivity (Wildman–Crippen MR) is 121 cm³/mol. The lowest BCUT2D eigenvalue weighted by atomic mass is 10.1. The van der Waals surface area contributed by atoms with E-state index in [9.17, 15) is 0 Å². The van der Waals surface area contributed by atoms with E-state index in [1.165, 1.54) is 49.3 Å². The zero-order valence-electron chi connectivity index (χ0n) is 16.6. The van der Waals surface area contributed by atoms with Crippen LogP contribution in [-0.2, 0) is 6.42 Å². The Morgan fingerprint density at radius 1 is 1.07 bits per heavy atom. The lowest BCUT2D eigenvalue weighted by molar-refractivity contribution is 0.234. The molecule has 3 heterocycles. The van der Waals surface area contributed by atoms with Crippen molar-refractivity contribution in [3.8, 4) is 0 Å². The second-order valence-corrected chi connectivity index (χ2v) is 8.71. The van der Waals surface area contributed by atoms with Crippen molar-refractivity contribution in [2.24, 2.45) is 10.7 Å². The van der Waals surface area contributed by atoms with Gasteiger partial charge in [-0.25, -0.2) is 4.99 Å². The highest BCUT2D eigenvalue weighted by Gasteiger charge is 2.20. The zero-order chi connectivity index (χ0) is 19.3. The molecule has 148 valence electrons. The fourth-order valence-electron chi connectivity index (χ4n) is 4.21. The highest BCUT2D eigenvalue weighted by molar-refractivity contribution is 7.12. The number of amidine groups is 1. The van der Waals surface area contributed by atoms with Crippen LogP contribution in [0.25, 0.3) is 0 Å². The Morgan fingerprint density at radius 2 is 1.93 bits per heavy atom. The van der Waals surface area contributed by atoms with Crippen molar-refractivity contribution < 1.29 is 0 Å². The van der Waals surface area contributed by atoms with Crippen LogP contribution >= 0.6 is 11.3 Å². The Morgan fingerprint density at radius 3 is 2.71 bits per heavy atom.